The van der Waals surface area contributed by atoms with Crippen LogP contribution < -0.4 is 16.4 Å². The highest BCUT2D eigenvalue weighted by atomic mass is 16.5. The number of hydrogen-bond acceptors (Lipinski definition) is 7. The fourth-order valence-electron chi connectivity index (χ4n) is 3.69. The van der Waals surface area contributed by atoms with Gasteiger partial charge in [0.25, 0.3) is 0 Å². The van der Waals surface area contributed by atoms with Crippen molar-refractivity contribution in [2.75, 3.05) is 33.5 Å². The molecule has 12 heteroatoms. The smallest absolute Gasteiger partial charge is 0.329 e. The van der Waals surface area contributed by atoms with E-state index in [4.69, 9.17) is 20.3 Å². The number of nitrogens with one attached hydrogen (secondary N) is 2. The Kier molecular flexibility index (Phi) is 10.4. The number of carboxylic acid groups (broad SMARTS) is 1. The number of likely N-dealkylation sites (tertiary alicyclic amines) is 1. The van der Waals surface area contributed by atoms with Crippen LogP contribution in [0, 0.1) is 0 Å². The first-order valence-corrected chi connectivity index (χ1v) is 10.7. The summed E-state index contributed by atoms with van der Waals surface area (Å²) in [6.07, 6.45) is 0.619. The van der Waals surface area contributed by atoms with E-state index in [9.17, 15) is 24.0 Å². The van der Waals surface area contributed by atoms with Crippen molar-refractivity contribution < 1.29 is 38.6 Å². The molecule has 1 aromatic carbocycles. The van der Waals surface area contributed by atoms with Gasteiger partial charge in [0.15, 0.2) is 0 Å². The Balaban J connectivity index is 2.14. The van der Waals surface area contributed by atoms with Crippen LogP contribution in [0.2, 0.25) is 0 Å². The lowest BCUT2D eigenvalue weighted by molar-refractivity contribution is -0.150. The van der Waals surface area contributed by atoms with E-state index in [2.05, 4.69) is 10.6 Å². The van der Waals surface area contributed by atoms with Gasteiger partial charge in [-0.15, -0.1) is 0 Å². The van der Waals surface area contributed by atoms with Crippen molar-refractivity contribution in [3.05, 3.63) is 35.9 Å². The van der Waals surface area contributed by atoms with E-state index in [-0.39, 0.29) is 31.9 Å². The number of nitrogens with two attached hydrogens (primary N) is 1. The molecule has 1 fully saturated rings. The Morgan fingerprint density at radius 2 is 1.85 bits per heavy atom. The molecule has 2 rings (SSSR count). The molecule has 34 heavy (non-hydrogen) atoms. The molecule has 0 aliphatic carbocycles. The summed E-state index contributed by atoms with van der Waals surface area (Å²) in [5, 5.41) is 14.1. The maximum absolute atomic E-state index is 13.2. The predicted molar refractivity (Wildman–Crippen MR) is 118 cm³/mol. The van der Waals surface area contributed by atoms with Crippen LogP contribution in [0.25, 0.3) is 0 Å². The summed E-state index contributed by atoms with van der Waals surface area (Å²) >= 11 is 0. The number of methoxy groups -OCH3 is 1. The van der Waals surface area contributed by atoms with E-state index in [1.807, 2.05) is 6.07 Å². The first-order chi connectivity index (χ1) is 16.2. The number of rotatable bonds is 12. The van der Waals surface area contributed by atoms with Crippen molar-refractivity contribution >= 4 is 29.6 Å². The molecule has 1 aliphatic heterocycles. The monoisotopic (exact) mass is 478 g/mol. The quantitative estimate of drug-likeness (QED) is 0.278. The zero-order chi connectivity index (χ0) is 25.1. The van der Waals surface area contributed by atoms with Crippen molar-refractivity contribution in [3.8, 4) is 0 Å². The summed E-state index contributed by atoms with van der Waals surface area (Å²) < 4.78 is 9.68. The summed E-state index contributed by atoms with van der Waals surface area (Å²) in [5.41, 5.74) is 6.28. The zero-order valence-electron chi connectivity index (χ0n) is 18.9. The molecule has 1 aromatic rings. The number of benzene rings is 1. The van der Waals surface area contributed by atoms with Gasteiger partial charge in [-0.1, -0.05) is 30.3 Å². The molecule has 1 heterocycles. The van der Waals surface area contributed by atoms with Crippen LogP contribution in [-0.4, -0.2) is 91.2 Å². The van der Waals surface area contributed by atoms with Crippen LogP contribution in [0.5, 0.6) is 0 Å². The van der Waals surface area contributed by atoms with E-state index < -0.39 is 55.0 Å². The number of carbonyl (C=O) groups is 5. The van der Waals surface area contributed by atoms with E-state index >= 15 is 0 Å². The first kappa shape index (κ1) is 26.7. The van der Waals surface area contributed by atoms with Gasteiger partial charge in [-0.2, -0.15) is 0 Å². The second-order valence-corrected chi connectivity index (χ2v) is 7.86. The summed E-state index contributed by atoms with van der Waals surface area (Å²) in [6, 6.07) is 6.53. The Bertz CT molecular complexity index is 879. The van der Waals surface area contributed by atoms with Gasteiger partial charge in [0.1, 0.15) is 31.9 Å². The molecule has 186 valence electrons. The number of piperidine rings is 1. The number of nitrogens with zero attached hydrogens (tertiary/aromatic N) is 1. The van der Waals surface area contributed by atoms with Crippen LogP contribution in [0.15, 0.2) is 30.3 Å². The van der Waals surface area contributed by atoms with Gasteiger partial charge >= 0.3 is 5.97 Å². The lowest BCUT2D eigenvalue weighted by atomic mass is 9.95. The number of ether oxygens (including phenoxy) is 2. The Labute approximate surface area is 196 Å². The van der Waals surface area contributed by atoms with Gasteiger partial charge in [-0.05, 0) is 18.4 Å². The van der Waals surface area contributed by atoms with Crippen molar-refractivity contribution in [2.45, 2.75) is 37.4 Å². The van der Waals surface area contributed by atoms with Crippen LogP contribution in [0.1, 0.15) is 18.4 Å². The van der Waals surface area contributed by atoms with Crippen LogP contribution in [0.3, 0.4) is 0 Å². The summed E-state index contributed by atoms with van der Waals surface area (Å²) in [5.74, 6) is -3.53. The van der Waals surface area contributed by atoms with Gasteiger partial charge in [0.05, 0.1) is 0 Å². The minimum Gasteiger partial charge on any atom is -0.480 e. The molecule has 5 N–H and O–H groups in total. The summed E-state index contributed by atoms with van der Waals surface area (Å²) in [7, 11) is 1.38. The van der Waals surface area contributed by atoms with Crippen molar-refractivity contribution in [3.63, 3.8) is 0 Å². The lowest BCUT2D eigenvalue weighted by Gasteiger charge is -2.39. The minimum absolute atomic E-state index is 0.0861. The number of carboxylic acids is 1. The Morgan fingerprint density at radius 1 is 1.15 bits per heavy atom. The minimum atomic E-state index is -1.23. The average Bonchev–Trinajstić information content (AvgIpc) is 2.79. The van der Waals surface area contributed by atoms with Crippen molar-refractivity contribution in [2.24, 2.45) is 5.73 Å². The van der Waals surface area contributed by atoms with E-state index in [1.165, 1.54) is 12.0 Å². The molecule has 1 saturated heterocycles. The highest BCUT2D eigenvalue weighted by molar-refractivity contribution is 5.92. The Morgan fingerprint density at radius 3 is 2.47 bits per heavy atom. The third-order valence-electron chi connectivity index (χ3n) is 5.26. The molecular weight excluding hydrogens is 448 g/mol. The van der Waals surface area contributed by atoms with Gasteiger partial charge < -0.3 is 35.8 Å². The summed E-state index contributed by atoms with van der Waals surface area (Å²) in [4.78, 5) is 61.7. The standard InChI is InChI=1S/C22H30N4O8/c1-33-11-18(27)24-15-7-8-26(19(28)12-34-13-20(29)30)17(10-15)22(32)25-16(21(23)31)9-14-5-3-2-4-6-14/h2-6,15-17H,7-13H2,1H3,(H2,23,31)(H,24,27)(H,25,32)(H,29,30). The molecule has 0 radical (unpaired) electrons. The number of aliphatic carboxylic acids is 1. The van der Waals surface area contributed by atoms with Gasteiger partial charge in [-0.25, -0.2) is 4.79 Å². The average molecular weight is 479 g/mol. The van der Waals surface area contributed by atoms with Gasteiger partial charge in [0, 0.05) is 26.1 Å². The molecule has 3 atom stereocenters. The second kappa shape index (κ2) is 13.3. The number of primary amides is 1. The van der Waals surface area contributed by atoms with Gasteiger partial charge in [-0.3, -0.25) is 19.2 Å². The topological polar surface area (TPSA) is 177 Å². The molecule has 1 aliphatic rings. The number of hydrogen-bond donors (Lipinski definition) is 4. The number of amides is 4. The molecule has 0 aromatic heterocycles. The lowest BCUT2D eigenvalue weighted by Crippen LogP contribution is -2.60. The van der Waals surface area contributed by atoms with E-state index in [0.29, 0.717) is 6.42 Å². The predicted octanol–water partition coefficient (Wildman–Crippen LogP) is -1.58. The molecule has 0 saturated carbocycles. The van der Waals surface area contributed by atoms with Gasteiger partial charge in [0.2, 0.25) is 23.6 Å². The molecular formula is C22H30N4O8. The van der Waals surface area contributed by atoms with Crippen molar-refractivity contribution in [1.82, 2.24) is 15.5 Å². The maximum Gasteiger partial charge on any atom is 0.329 e. The zero-order valence-corrected chi connectivity index (χ0v) is 18.9. The molecule has 3 unspecified atom stereocenters. The van der Waals surface area contributed by atoms with Crippen LogP contribution in [0.4, 0.5) is 0 Å². The molecule has 0 bridgehead atoms. The molecule has 12 nitrogen and oxygen atoms in total. The molecule has 0 spiro atoms. The largest absolute Gasteiger partial charge is 0.480 e. The fraction of sp³-hybridized carbons (Fsp3) is 0.500. The Hall–Kier alpha value is -3.51. The highest BCUT2D eigenvalue weighted by Gasteiger charge is 2.38. The summed E-state index contributed by atoms with van der Waals surface area (Å²) in [6.45, 7) is -1.22. The maximum atomic E-state index is 13.2. The first-order valence-electron chi connectivity index (χ1n) is 10.7. The van der Waals surface area contributed by atoms with E-state index in [0.717, 1.165) is 5.56 Å². The highest BCUT2D eigenvalue weighted by Crippen LogP contribution is 2.19. The third kappa shape index (κ3) is 8.45. The number of carbonyl (C=O) groups excluding carboxylic acids is 4. The normalized spacial score (nSPS) is 18.6. The third-order valence-corrected chi connectivity index (χ3v) is 5.26. The SMILES string of the molecule is COCC(=O)NC1CCN(C(=O)COCC(=O)O)C(C(=O)NC(Cc2ccccc2)C(N)=O)C1. The van der Waals surface area contributed by atoms with Crippen LogP contribution >= 0.6 is 0 Å². The fourth-order valence-corrected chi connectivity index (χ4v) is 3.69. The van der Waals surface area contributed by atoms with Crippen LogP contribution in [-0.2, 0) is 39.9 Å². The van der Waals surface area contributed by atoms with Crippen molar-refractivity contribution in [1.29, 1.82) is 0 Å². The second-order valence-electron chi connectivity index (χ2n) is 7.86. The molecule has 4 amide bonds. The van der Waals surface area contributed by atoms with E-state index in [1.54, 1.807) is 24.3 Å².